The first kappa shape index (κ1) is 11.5. The van der Waals surface area contributed by atoms with E-state index in [0.29, 0.717) is 5.69 Å². The lowest BCUT2D eigenvalue weighted by Gasteiger charge is -2.01. The molecule has 1 aromatic carbocycles. The highest BCUT2D eigenvalue weighted by atomic mass is 79.9. The monoisotopic (exact) mass is 294 g/mol. The topological polar surface area (TPSA) is 83.0 Å². The molecular formula is C11H7BrN2O3. The number of halogens is 1. The van der Waals surface area contributed by atoms with Crippen LogP contribution in [0.15, 0.2) is 39.7 Å². The van der Waals surface area contributed by atoms with Crippen molar-refractivity contribution in [2.45, 2.75) is 0 Å². The molecule has 86 valence electrons. The molecule has 2 aromatic rings. The standard InChI is InChI=1S/C11H7BrN2O3/c12-7-3-1-6(2-4-7)8-5-13-10(15)9(14-8)11(16)17/h1-5H,(H,13,15)(H,16,17). The van der Waals surface area contributed by atoms with Gasteiger partial charge in [0.05, 0.1) is 5.69 Å². The van der Waals surface area contributed by atoms with Crippen molar-refractivity contribution in [3.63, 3.8) is 0 Å². The molecule has 2 N–H and O–H groups in total. The van der Waals surface area contributed by atoms with Crippen molar-refractivity contribution in [3.8, 4) is 11.3 Å². The molecule has 0 saturated carbocycles. The lowest BCUT2D eigenvalue weighted by Crippen LogP contribution is -2.19. The molecule has 0 bridgehead atoms. The number of hydrogen-bond donors (Lipinski definition) is 2. The SMILES string of the molecule is O=C(O)c1nc(-c2ccc(Br)cc2)c[nH]c1=O. The van der Waals surface area contributed by atoms with Gasteiger partial charge < -0.3 is 10.1 Å². The summed E-state index contributed by atoms with van der Waals surface area (Å²) in [6.07, 6.45) is 1.39. The highest BCUT2D eigenvalue weighted by Crippen LogP contribution is 2.18. The first-order chi connectivity index (χ1) is 8.08. The Labute approximate surface area is 104 Å². The molecule has 0 saturated heterocycles. The van der Waals surface area contributed by atoms with Gasteiger partial charge in [0.2, 0.25) is 5.69 Å². The maximum absolute atomic E-state index is 11.2. The fourth-order valence-electron chi connectivity index (χ4n) is 1.32. The first-order valence-electron chi connectivity index (χ1n) is 4.67. The highest BCUT2D eigenvalue weighted by molar-refractivity contribution is 9.10. The molecule has 5 nitrogen and oxygen atoms in total. The van der Waals surface area contributed by atoms with Crippen LogP contribution in [0.3, 0.4) is 0 Å². The zero-order valence-electron chi connectivity index (χ0n) is 8.48. The molecule has 17 heavy (non-hydrogen) atoms. The second-order valence-corrected chi connectivity index (χ2v) is 4.19. The van der Waals surface area contributed by atoms with E-state index in [-0.39, 0.29) is 0 Å². The van der Waals surface area contributed by atoms with Crippen molar-refractivity contribution >= 4 is 21.9 Å². The lowest BCUT2D eigenvalue weighted by molar-refractivity contribution is 0.0688. The Bertz CT molecular complexity index is 619. The van der Waals surface area contributed by atoms with Gasteiger partial charge in [0.15, 0.2) is 0 Å². The molecule has 0 fully saturated rings. The molecule has 0 radical (unpaired) electrons. The average molecular weight is 295 g/mol. The largest absolute Gasteiger partial charge is 0.476 e. The number of rotatable bonds is 2. The summed E-state index contributed by atoms with van der Waals surface area (Å²) in [4.78, 5) is 28.1. The van der Waals surface area contributed by atoms with Gasteiger partial charge in [0, 0.05) is 16.2 Å². The van der Waals surface area contributed by atoms with Gasteiger partial charge in [-0.3, -0.25) is 4.79 Å². The van der Waals surface area contributed by atoms with Crippen LogP contribution < -0.4 is 5.56 Å². The molecular weight excluding hydrogens is 288 g/mol. The summed E-state index contributed by atoms with van der Waals surface area (Å²) in [7, 11) is 0. The van der Waals surface area contributed by atoms with E-state index in [9.17, 15) is 9.59 Å². The third kappa shape index (κ3) is 2.42. The fourth-order valence-corrected chi connectivity index (χ4v) is 1.58. The predicted octanol–water partition coefficient (Wildman–Crippen LogP) is 1.90. The van der Waals surface area contributed by atoms with Crippen LogP contribution in [0.5, 0.6) is 0 Å². The van der Waals surface area contributed by atoms with Crippen LogP contribution in [0.4, 0.5) is 0 Å². The zero-order valence-corrected chi connectivity index (χ0v) is 10.1. The fraction of sp³-hybridized carbons (Fsp3) is 0. The van der Waals surface area contributed by atoms with Crippen LogP contribution in [0.1, 0.15) is 10.5 Å². The van der Waals surface area contributed by atoms with Crippen molar-refractivity contribution in [2.75, 3.05) is 0 Å². The molecule has 0 aliphatic heterocycles. The molecule has 1 aromatic heterocycles. The molecule has 0 amide bonds. The molecule has 0 spiro atoms. The smallest absolute Gasteiger partial charge is 0.360 e. The normalized spacial score (nSPS) is 10.2. The van der Waals surface area contributed by atoms with Crippen molar-refractivity contribution in [1.82, 2.24) is 9.97 Å². The van der Waals surface area contributed by atoms with E-state index in [2.05, 4.69) is 25.9 Å². The Morgan fingerprint density at radius 1 is 1.29 bits per heavy atom. The number of H-pyrrole nitrogens is 1. The molecule has 6 heteroatoms. The zero-order chi connectivity index (χ0) is 12.4. The van der Waals surface area contributed by atoms with E-state index in [1.807, 2.05) is 12.1 Å². The van der Waals surface area contributed by atoms with Crippen molar-refractivity contribution in [3.05, 3.63) is 51.0 Å². The average Bonchev–Trinajstić information content (AvgIpc) is 2.30. The second-order valence-electron chi connectivity index (χ2n) is 3.28. The molecule has 0 aliphatic rings. The van der Waals surface area contributed by atoms with Gasteiger partial charge in [-0.2, -0.15) is 0 Å². The minimum atomic E-state index is -1.34. The summed E-state index contributed by atoms with van der Waals surface area (Å²) in [6.45, 7) is 0. The van der Waals surface area contributed by atoms with Gasteiger partial charge in [0.1, 0.15) is 0 Å². The maximum Gasteiger partial charge on any atom is 0.360 e. The van der Waals surface area contributed by atoms with Crippen LogP contribution in [0.25, 0.3) is 11.3 Å². The van der Waals surface area contributed by atoms with Gasteiger partial charge in [-0.05, 0) is 12.1 Å². The lowest BCUT2D eigenvalue weighted by atomic mass is 10.1. The number of aromatic amines is 1. The number of carboxylic acid groups (broad SMARTS) is 1. The highest BCUT2D eigenvalue weighted by Gasteiger charge is 2.12. The molecule has 2 rings (SSSR count). The van der Waals surface area contributed by atoms with Gasteiger partial charge in [-0.1, -0.05) is 28.1 Å². The van der Waals surface area contributed by atoms with Crippen molar-refractivity contribution in [1.29, 1.82) is 0 Å². The van der Waals surface area contributed by atoms with Crippen LogP contribution in [0.2, 0.25) is 0 Å². The van der Waals surface area contributed by atoms with Crippen LogP contribution in [-0.4, -0.2) is 21.0 Å². The number of nitrogens with zero attached hydrogens (tertiary/aromatic N) is 1. The Morgan fingerprint density at radius 3 is 2.53 bits per heavy atom. The minimum absolute atomic E-state index is 0.412. The van der Waals surface area contributed by atoms with Crippen molar-refractivity contribution < 1.29 is 9.90 Å². The van der Waals surface area contributed by atoms with Crippen molar-refractivity contribution in [2.24, 2.45) is 0 Å². The quantitative estimate of drug-likeness (QED) is 0.886. The molecule has 0 unspecified atom stereocenters. The number of nitrogens with one attached hydrogen (secondary N) is 1. The Morgan fingerprint density at radius 2 is 1.94 bits per heavy atom. The molecule has 0 aliphatic carbocycles. The molecule has 1 heterocycles. The summed E-state index contributed by atoms with van der Waals surface area (Å²) in [5.41, 5.74) is -0.0785. The number of carbonyl (C=O) groups is 1. The predicted molar refractivity (Wildman–Crippen MR) is 65.0 cm³/mol. The van der Waals surface area contributed by atoms with E-state index in [1.54, 1.807) is 12.1 Å². The summed E-state index contributed by atoms with van der Waals surface area (Å²) in [5.74, 6) is -1.34. The van der Waals surface area contributed by atoms with Crippen LogP contribution in [-0.2, 0) is 0 Å². The van der Waals surface area contributed by atoms with E-state index in [0.717, 1.165) is 10.0 Å². The maximum atomic E-state index is 11.2. The summed E-state index contributed by atoms with van der Waals surface area (Å²) in [6, 6.07) is 7.16. The third-order valence-corrected chi connectivity index (χ3v) is 2.66. The first-order valence-corrected chi connectivity index (χ1v) is 5.46. The number of benzene rings is 1. The van der Waals surface area contributed by atoms with Crippen LogP contribution in [0, 0.1) is 0 Å². The van der Waals surface area contributed by atoms with E-state index in [1.165, 1.54) is 6.20 Å². The summed E-state index contributed by atoms with van der Waals surface area (Å²) >= 11 is 3.29. The Balaban J connectivity index is 2.53. The van der Waals surface area contributed by atoms with E-state index >= 15 is 0 Å². The number of aromatic nitrogens is 2. The van der Waals surface area contributed by atoms with E-state index in [4.69, 9.17) is 5.11 Å². The second kappa shape index (κ2) is 4.50. The van der Waals surface area contributed by atoms with Gasteiger partial charge in [-0.15, -0.1) is 0 Å². The number of aromatic carboxylic acids is 1. The Kier molecular flexibility index (Phi) is 3.06. The van der Waals surface area contributed by atoms with Gasteiger partial charge in [0.25, 0.3) is 5.56 Å². The third-order valence-electron chi connectivity index (χ3n) is 2.13. The van der Waals surface area contributed by atoms with Crippen LogP contribution >= 0.6 is 15.9 Å². The summed E-state index contributed by atoms with van der Waals surface area (Å²) in [5, 5.41) is 8.79. The minimum Gasteiger partial charge on any atom is -0.476 e. The summed E-state index contributed by atoms with van der Waals surface area (Å²) < 4.78 is 0.907. The molecule has 0 atom stereocenters. The van der Waals surface area contributed by atoms with E-state index < -0.39 is 17.2 Å². The number of carboxylic acids is 1. The number of hydrogen-bond acceptors (Lipinski definition) is 3. The van der Waals surface area contributed by atoms with Gasteiger partial charge >= 0.3 is 5.97 Å². The van der Waals surface area contributed by atoms with Gasteiger partial charge in [-0.25, -0.2) is 9.78 Å². The Hall–Kier alpha value is -1.95.